The Morgan fingerprint density at radius 3 is 1.31 bits per heavy atom. The van der Waals surface area contributed by atoms with Gasteiger partial charge in [-0.3, -0.25) is 0 Å². The molecule has 18 nitrogen and oxygen atoms in total. The molecular weight excluding hydrogens is 612 g/mol. The summed E-state index contributed by atoms with van der Waals surface area (Å²) in [6.07, 6.45) is -10.2. The van der Waals surface area contributed by atoms with Crippen LogP contribution < -0.4 is 0 Å². The van der Waals surface area contributed by atoms with Gasteiger partial charge in [0.05, 0.1) is 16.7 Å². The molecule has 0 amide bonds. The largest absolute Gasteiger partial charge is 0.504 e. The Bertz CT molecular complexity index is 1580. The monoisotopic (exact) mass is 636 g/mol. The fourth-order valence-electron chi connectivity index (χ4n) is 4.05. The molecule has 1 heterocycles. The molecule has 18 heteroatoms. The van der Waals surface area contributed by atoms with E-state index in [4.69, 9.17) is 18.9 Å². The summed E-state index contributed by atoms with van der Waals surface area (Å²) in [6.45, 7) is -0.918. The molecule has 1 aliphatic rings. The first kappa shape index (κ1) is 32.1. The molecule has 1 fully saturated rings. The van der Waals surface area contributed by atoms with Gasteiger partial charge in [0, 0.05) is 0 Å². The van der Waals surface area contributed by atoms with E-state index in [1.807, 2.05) is 0 Å². The highest BCUT2D eigenvalue weighted by Crippen LogP contribution is 2.38. The van der Waals surface area contributed by atoms with E-state index in [9.17, 15) is 70.6 Å². The molecule has 5 unspecified atom stereocenters. The molecule has 1 aliphatic heterocycles. The minimum absolute atomic E-state index is 0.474. The Kier molecular flexibility index (Phi) is 8.84. The number of carbonyl (C=O) groups excluding carboxylic acids is 3. The van der Waals surface area contributed by atoms with Crippen molar-refractivity contribution >= 4 is 17.9 Å². The number of aromatic hydroxyl groups is 9. The van der Waals surface area contributed by atoms with Crippen LogP contribution in [-0.4, -0.2) is 111 Å². The second-order valence-corrected chi connectivity index (χ2v) is 9.49. The zero-order valence-electron chi connectivity index (χ0n) is 22.3. The number of esters is 3. The number of hydrogen-bond acceptors (Lipinski definition) is 18. The predicted molar refractivity (Wildman–Crippen MR) is 140 cm³/mol. The van der Waals surface area contributed by atoms with Crippen molar-refractivity contribution in [3.8, 4) is 51.7 Å². The number of phenolic OH excluding ortho intramolecular Hbond substituents is 9. The maximum absolute atomic E-state index is 12.8. The number of aliphatic hydroxyl groups is 2. The maximum atomic E-state index is 12.8. The normalized spacial score (nSPS) is 21.1. The number of benzene rings is 3. The highest BCUT2D eigenvalue weighted by Gasteiger charge is 2.49. The SMILES string of the molecule is O=C(OCC1OC(OC(=O)c2cc(O)c(O)c(O)c2)C(O)C(OC(=O)c2cc(O)c(O)c(O)c2)C1O)c1cc(O)c(O)c(O)c1. The molecule has 3 aromatic carbocycles. The number of ether oxygens (including phenoxy) is 4. The Morgan fingerprint density at radius 2 is 0.911 bits per heavy atom. The van der Waals surface area contributed by atoms with Crippen LogP contribution in [0.3, 0.4) is 0 Å². The van der Waals surface area contributed by atoms with Crippen LogP contribution >= 0.6 is 0 Å². The van der Waals surface area contributed by atoms with Crippen molar-refractivity contribution in [1.29, 1.82) is 0 Å². The first-order valence-corrected chi connectivity index (χ1v) is 12.4. The highest BCUT2D eigenvalue weighted by molar-refractivity contribution is 5.92. The molecule has 4 rings (SSSR count). The molecule has 0 radical (unpaired) electrons. The molecule has 0 aromatic heterocycles. The predicted octanol–water partition coefficient (Wildman–Crippen LogP) is -0.277. The molecule has 5 atom stereocenters. The van der Waals surface area contributed by atoms with Gasteiger partial charge >= 0.3 is 17.9 Å². The number of carbonyl (C=O) groups is 3. The smallest absolute Gasteiger partial charge is 0.340 e. The van der Waals surface area contributed by atoms with Crippen LogP contribution in [0.4, 0.5) is 0 Å². The van der Waals surface area contributed by atoms with Crippen molar-refractivity contribution in [2.24, 2.45) is 0 Å². The second kappa shape index (κ2) is 12.4. The van der Waals surface area contributed by atoms with Crippen LogP contribution in [0.1, 0.15) is 31.1 Å². The van der Waals surface area contributed by atoms with Crippen molar-refractivity contribution in [3.05, 3.63) is 53.1 Å². The fourth-order valence-corrected chi connectivity index (χ4v) is 4.05. The van der Waals surface area contributed by atoms with E-state index >= 15 is 0 Å². The second-order valence-electron chi connectivity index (χ2n) is 9.49. The van der Waals surface area contributed by atoms with Crippen LogP contribution in [0.5, 0.6) is 51.7 Å². The van der Waals surface area contributed by atoms with E-state index in [-0.39, 0.29) is 0 Å². The Labute approximate surface area is 249 Å². The van der Waals surface area contributed by atoms with Crippen LogP contribution in [-0.2, 0) is 18.9 Å². The first-order chi connectivity index (χ1) is 21.1. The Balaban J connectivity index is 1.59. The topological polar surface area (TPSA) is 311 Å². The van der Waals surface area contributed by atoms with Gasteiger partial charge in [-0.15, -0.1) is 0 Å². The fraction of sp³-hybridized carbons (Fsp3) is 0.222. The van der Waals surface area contributed by atoms with Crippen molar-refractivity contribution in [2.75, 3.05) is 6.61 Å². The standard InChI is InChI=1S/C27H24O18/c28-11-1-8(2-12(29)18(11)34)24(39)42-7-17-21(37)23(44-25(40)9-3-13(30)19(35)14(31)4-9)22(38)27(43-17)45-26(41)10-5-15(32)20(36)16(33)6-10/h1-6,17,21-23,27-38H,7H2. The van der Waals surface area contributed by atoms with Gasteiger partial charge in [0.15, 0.2) is 64.0 Å². The molecule has 3 aromatic rings. The zero-order chi connectivity index (χ0) is 33.3. The summed E-state index contributed by atoms with van der Waals surface area (Å²) >= 11 is 0. The van der Waals surface area contributed by atoms with Crippen LogP contribution in [0.2, 0.25) is 0 Å². The number of aliphatic hydroxyl groups excluding tert-OH is 2. The summed E-state index contributed by atoms with van der Waals surface area (Å²) in [5.41, 5.74) is -1.62. The number of rotatable bonds is 7. The lowest BCUT2D eigenvalue weighted by atomic mass is 9.98. The molecule has 240 valence electrons. The lowest BCUT2D eigenvalue weighted by Gasteiger charge is -2.41. The quantitative estimate of drug-likeness (QED) is 0.0902. The molecule has 0 spiro atoms. The Morgan fingerprint density at radius 1 is 0.556 bits per heavy atom. The minimum Gasteiger partial charge on any atom is -0.504 e. The first-order valence-electron chi connectivity index (χ1n) is 12.4. The lowest BCUT2D eigenvalue weighted by Crippen LogP contribution is -2.61. The third-order valence-corrected chi connectivity index (χ3v) is 6.40. The van der Waals surface area contributed by atoms with Gasteiger partial charge in [0.1, 0.15) is 18.8 Å². The molecule has 45 heavy (non-hydrogen) atoms. The summed E-state index contributed by atoms with van der Waals surface area (Å²) in [4.78, 5) is 38.1. The highest BCUT2D eigenvalue weighted by atomic mass is 16.7. The average molecular weight is 636 g/mol. The summed E-state index contributed by atoms with van der Waals surface area (Å²) in [5.74, 6) is -12.3. The van der Waals surface area contributed by atoms with Gasteiger partial charge in [0.25, 0.3) is 0 Å². The zero-order valence-corrected chi connectivity index (χ0v) is 22.3. The van der Waals surface area contributed by atoms with E-state index in [0.717, 1.165) is 12.1 Å². The minimum atomic E-state index is -2.19. The van der Waals surface area contributed by atoms with E-state index < -0.39 is 124 Å². The third kappa shape index (κ3) is 6.56. The van der Waals surface area contributed by atoms with Crippen molar-refractivity contribution in [3.63, 3.8) is 0 Å². The number of phenols is 9. The van der Waals surface area contributed by atoms with Gasteiger partial charge in [0.2, 0.25) is 6.29 Å². The van der Waals surface area contributed by atoms with Gasteiger partial charge in [-0.2, -0.15) is 0 Å². The van der Waals surface area contributed by atoms with E-state index in [1.54, 1.807) is 0 Å². The summed E-state index contributed by atoms with van der Waals surface area (Å²) in [6, 6.07) is 4.20. The molecular formula is C27H24O18. The third-order valence-electron chi connectivity index (χ3n) is 6.40. The van der Waals surface area contributed by atoms with E-state index in [1.165, 1.54) is 0 Å². The van der Waals surface area contributed by atoms with Crippen molar-refractivity contribution in [2.45, 2.75) is 30.7 Å². The average Bonchev–Trinajstić information content (AvgIpc) is 2.99. The molecule has 0 bridgehead atoms. The van der Waals surface area contributed by atoms with Crippen molar-refractivity contribution < 1.29 is 89.5 Å². The Hall–Kier alpha value is -5.85. The molecule has 0 aliphatic carbocycles. The molecule has 0 saturated carbocycles. The lowest BCUT2D eigenvalue weighted by molar-refractivity contribution is -0.284. The summed E-state index contributed by atoms with van der Waals surface area (Å²) < 4.78 is 20.6. The van der Waals surface area contributed by atoms with Crippen LogP contribution in [0.25, 0.3) is 0 Å². The summed E-state index contributed by atoms with van der Waals surface area (Å²) in [7, 11) is 0. The summed E-state index contributed by atoms with van der Waals surface area (Å²) in [5, 5.41) is 108. The van der Waals surface area contributed by atoms with Crippen molar-refractivity contribution in [1.82, 2.24) is 0 Å². The number of hydrogen-bond donors (Lipinski definition) is 11. The van der Waals surface area contributed by atoms with Gasteiger partial charge in [-0.25, -0.2) is 14.4 Å². The van der Waals surface area contributed by atoms with Gasteiger partial charge in [-0.1, -0.05) is 0 Å². The van der Waals surface area contributed by atoms with E-state index in [2.05, 4.69) is 0 Å². The van der Waals surface area contributed by atoms with E-state index in [0.29, 0.717) is 24.3 Å². The van der Waals surface area contributed by atoms with Crippen LogP contribution in [0, 0.1) is 0 Å². The maximum Gasteiger partial charge on any atom is 0.340 e. The van der Waals surface area contributed by atoms with Gasteiger partial charge in [-0.05, 0) is 36.4 Å². The van der Waals surface area contributed by atoms with Gasteiger partial charge < -0.3 is 75.1 Å². The molecule has 1 saturated heterocycles. The van der Waals surface area contributed by atoms with Crippen LogP contribution in [0.15, 0.2) is 36.4 Å². The molecule has 11 N–H and O–H groups in total.